The molecule has 0 atom stereocenters. The van der Waals surface area contributed by atoms with Gasteiger partial charge in [0.15, 0.2) is 5.76 Å². The minimum atomic E-state index is 0.467. The number of halogens is 1. The summed E-state index contributed by atoms with van der Waals surface area (Å²) in [5, 5.41) is 4.62. The predicted octanol–water partition coefficient (Wildman–Crippen LogP) is 3.88. The number of nitrogens with zero attached hydrogens (tertiary/aromatic N) is 3. The largest absolute Gasteiger partial charge is 0.494 e. The number of rotatable bonds is 8. The predicted molar refractivity (Wildman–Crippen MR) is 89.9 cm³/mol. The number of hydrogen-bond acceptors (Lipinski definition) is 6. The third-order valence-corrected chi connectivity index (χ3v) is 3.63. The summed E-state index contributed by atoms with van der Waals surface area (Å²) in [7, 11) is 2.00. The minimum Gasteiger partial charge on any atom is -0.494 e. The van der Waals surface area contributed by atoms with Gasteiger partial charge in [-0.3, -0.25) is 4.90 Å². The van der Waals surface area contributed by atoms with Gasteiger partial charge in [-0.1, -0.05) is 16.8 Å². The molecule has 0 aliphatic rings. The Kier molecular flexibility index (Phi) is 5.51. The lowest BCUT2D eigenvalue weighted by atomic mass is 10.3. The van der Waals surface area contributed by atoms with Crippen LogP contribution in [0.3, 0.4) is 0 Å². The van der Waals surface area contributed by atoms with Gasteiger partial charge < -0.3 is 13.7 Å². The lowest BCUT2D eigenvalue weighted by molar-refractivity contribution is 0.235. The van der Waals surface area contributed by atoms with Crippen molar-refractivity contribution in [1.29, 1.82) is 0 Å². The van der Waals surface area contributed by atoms with Crippen molar-refractivity contribution in [3.05, 3.63) is 53.6 Å². The van der Waals surface area contributed by atoms with Crippen molar-refractivity contribution in [3.8, 4) is 17.3 Å². The first-order valence-corrected chi connectivity index (χ1v) is 8.02. The molecule has 0 unspecified atom stereocenters. The molecule has 0 spiro atoms. The molecular weight excluding hydrogens is 330 g/mol. The van der Waals surface area contributed by atoms with Gasteiger partial charge in [0, 0.05) is 11.6 Å². The zero-order valence-corrected chi connectivity index (χ0v) is 14.1. The Morgan fingerprint density at radius 3 is 2.79 bits per heavy atom. The van der Waals surface area contributed by atoms with Gasteiger partial charge in [0.25, 0.3) is 0 Å². The Bertz CT molecular complexity index is 741. The van der Waals surface area contributed by atoms with E-state index in [1.165, 1.54) is 0 Å². The first kappa shape index (κ1) is 16.5. The van der Waals surface area contributed by atoms with Crippen LogP contribution in [0.25, 0.3) is 11.6 Å². The van der Waals surface area contributed by atoms with Crippen molar-refractivity contribution in [2.24, 2.45) is 0 Å². The van der Waals surface area contributed by atoms with Crippen LogP contribution in [0.4, 0.5) is 0 Å². The van der Waals surface area contributed by atoms with E-state index in [0.29, 0.717) is 35.6 Å². The molecule has 0 N–H and O–H groups in total. The summed E-state index contributed by atoms with van der Waals surface area (Å²) < 4.78 is 16.1. The maximum atomic E-state index is 5.84. The van der Waals surface area contributed by atoms with Gasteiger partial charge in [-0.25, -0.2) is 0 Å². The second kappa shape index (κ2) is 7.99. The van der Waals surface area contributed by atoms with Crippen LogP contribution in [0, 0.1) is 0 Å². The molecule has 0 saturated carbocycles. The van der Waals surface area contributed by atoms with Crippen molar-refractivity contribution in [2.75, 3.05) is 20.2 Å². The lowest BCUT2D eigenvalue weighted by Crippen LogP contribution is -2.21. The van der Waals surface area contributed by atoms with Crippen LogP contribution in [-0.4, -0.2) is 35.2 Å². The van der Waals surface area contributed by atoms with Crippen molar-refractivity contribution < 1.29 is 13.7 Å². The topological polar surface area (TPSA) is 64.5 Å². The molecule has 1 aromatic carbocycles. The molecule has 2 aromatic heterocycles. The molecule has 126 valence electrons. The number of aromatic nitrogens is 2. The van der Waals surface area contributed by atoms with E-state index in [9.17, 15) is 0 Å². The quantitative estimate of drug-likeness (QED) is 0.576. The highest BCUT2D eigenvalue weighted by atomic mass is 35.5. The fourth-order valence-electron chi connectivity index (χ4n) is 2.19. The summed E-state index contributed by atoms with van der Waals surface area (Å²) in [4.78, 5) is 6.42. The SMILES string of the molecule is CN(CCCOc1ccc(Cl)cc1)Cc1nc(-c2ccco2)no1. The Morgan fingerprint density at radius 1 is 1.21 bits per heavy atom. The van der Waals surface area contributed by atoms with Gasteiger partial charge in [0.05, 0.1) is 19.4 Å². The molecule has 0 amide bonds. The van der Waals surface area contributed by atoms with Crippen LogP contribution in [0.15, 0.2) is 51.6 Å². The van der Waals surface area contributed by atoms with Crippen LogP contribution in [0.2, 0.25) is 5.02 Å². The van der Waals surface area contributed by atoms with Gasteiger partial charge in [0.2, 0.25) is 11.7 Å². The fraction of sp³-hybridized carbons (Fsp3) is 0.294. The van der Waals surface area contributed by atoms with Crippen LogP contribution in [0.5, 0.6) is 5.75 Å². The summed E-state index contributed by atoms with van der Waals surface area (Å²) >= 11 is 5.84. The van der Waals surface area contributed by atoms with Gasteiger partial charge in [-0.2, -0.15) is 4.98 Å². The number of furan rings is 1. The van der Waals surface area contributed by atoms with Gasteiger partial charge in [0.1, 0.15) is 5.75 Å². The van der Waals surface area contributed by atoms with Crippen molar-refractivity contribution in [2.45, 2.75) is 13.0 Å². The molecule has 6 nitrogen and oxygen atoms in total. The monoisotopic (exact) mass is 347 g/mol. The highest BCUT2D eigenvalue weighted by Gasteiger charge is 2.12. The summed E-state index contributed by atoms with van der Waals surface area (Å²) in [6, 6.07) is 10.9. The van der Waals surface area contributed by atoms with E-state index in [4.69, 9.17) is 25.3 Å². The van der Waals surface area contributed by atoms with E-state index in [1.54, 1.807) is 18.4 Å². The second-order valence-corrected chi connectivity index (χ2v) is 5.82. The molecule has 3 aromatic rings. The highest BCUT2D eigenvalue weighted by Crippen LogP contribution is 2.17. The smallest absolute Gasteiger partial charge is 0.241 e. The maximum absolute atomic E-state index is 5.84. The summed E-state index contributed by atoms with van der Waals surface area (Å²) in [5.41, 5.74) is 0. The van der Waals surface area contributed by atoms with E-state index < -0.39 is 0 Å². The summed E-state index contributed by atoms with van der Waals surface area (Å²) in [6.07, 6.45) is 2.47. The Morgan fingerprint density at radius 2 is 2.04 bits per heavy atom. The van der Waals surface area contributed by atoms with Crippen LogP contribution >= 0.6 is 11.6 Å². The third-order valence-electron chi connectivity index (χ3n) is 3.38. The standard InChI is InChI=1S/C17H18ClN3O3/c1-21(9-3-11-22-14-7-5-13(18)6-8-14)12-16-19-17(20-24-16)15-4-2-10-23-15/h2,4-8,10H,3,9,11-12H2,1H3. The normalized spacial score (nSPS) is 11.1. The molecule has 0 radical (unpaired) electrons. The zero-order valence-electron chi connectivity index (χ0n) is 13.3. The lowest BCUT2D eigenvalue weighted by Gasteiger charge is -2.14. The van der Waals surface area contributed by atoms with Crippen molar-refractivity contribution in [1.82, 2.24) is 15.0 Å². The molecule has 7 heteroatoms. The average molecular weight is 348 g/mol. The van der Waals surface area contributed by atoms with Crippen molar-refractivity contribution >= 4 is 11.6 Å². The van der Waals surface area contributed by atoms with E-state index >= 15 is 0 Å². The number of hydrogen-bond donors (Lipinski definition) is 0. The van der Waals surface area contributed by atoms with Crippen LogP contribution in [0.1, 0.15) is 12.3 Å². The maximum Gasteiger partial charge on any atom is 0.241 e. The van der Waals surface area contributed by atoms with Crippen LogP contribution in [-0.2, 0) is 6.54 Å². The average Bonchev–Trinajstić information content (AvgIpc) is 3.24. The highest BCUT2D eigenvalue weighted by molar-refractivity contribution is 6.30. The van der Waals surface area contributed by atoms with Gasteiger partial charge >= 0.3 is 0 Å². The summed E-state index contributed by atoms with van der Waals surface area (Å²) in [5.74, 6) is 2.45. The van der Waals surface area contributed by atoms with Crippen LogP contribution < -0.4 is 4.74 Å². The third kappa shape index (κ3) is 4.59. The van der Waals surface area contributed by atoms with E-state index in [2.05, 4.69) is 15.0 Å². The molecule has 2 heterocycles. The summed E-state index contributed by atoms with van der Waals surface area (Å²) in [6.45, 7) is 2.06. The van der Waals surface area contributed by atoms with E-state index in [-0.39, 0.29) is 0 Å². The minimum absolute atomic E-state index is 0.467. The molecular formula is C17H18ClN3O3. The number of benzene rings is 1. The fourth-order valence-corrected chi connectivity index (χ4v) is 2.32. The number of ether oxygens (including phenoxy) is 1. The molecule has 0 saturated heterocycles. The second-order valence-electron chi connectivity index (χ2n) is 5.38. The van der Waals surface area contributed by atoms with E-state index in [0.717, 1.165) is 18.7 Å². The molecule has 0 aliphatic carbocycles. The molecule has 0 fully saturated rings. The Hall–Kier alpha value is -2.31. The molecule has 0 bridgehead atoms. The zero-order chi connectivity index (χ0) is 16.8. The molecule has 24 heavy (non-hydrogen) atoms. The van der Waals surface area contributed by atoms with E-state index in [1.807, 2.05) is 31.3 Å². The molecule has 3 rings (SSSR count). The Balaban J connectivity index is 1.39. The first-order valence-electron chi connectivity index (χ1n) is 7.64. The molecule has 0 aliphatic heterocycles. The van der Waals surface area contributed by atoms with Gasteiger partial charge in [-0.05, 0) is 49.9 Å². The first-order chi connectivity index (χ1) is 11.7. The van der Waals surface area contributed by atoms with Crippen molar-refractivity contribution in [3.63, 3.8) is 0 Å². The Labute approximate surface area is 145 Å². The van der Waals surface area contributed by atoms with Gasteiger partial charge in [-0.15, -0.1) is 0 Å².